The van der Waals surface area contributed by atoms with Gasteiger partial charge >= 0.3 is 0 Å². The number of aliphatic hydroxyl groups is 1. The van der Waals surface area contributed by atoms with Crippen LogP contribution in [0.4, 0.5) is 0 Å². The van der Waals surface area contributed by atoms with Crippen LogP contribution in [0.15, 0.2) is 24.3 Å². The van der Waals surface area contributed by atoms with Gasteiger partial charge in [-0.25, -0.2) is 0 Å². The van der Waals surface area contributed by atoms with E-state index in [1.54, 1.807) is 7.11 Å². The van der Waals surface area contributed by atoms with E-state index in [-0.39, 0.29) is 19.1 Å². The Labute approximate surface area is 94.8 Å². The molecule has 1 aromatic carbocycles. The van der Waals surface area contributed by atoms with Gasteiger partial charge in [-0.3, -0.25) is 4.79 Å². The minimum Gasteiger partial charge on any atom is -0.497 e. The van der Waals surface area contributed by atoms with Gasteiger partial charge in [-0.15, -0.1) is 0 Å². The molecule has 0 saturated heterocycles. The molecule has 0 saturated carbocycles. The van der Waals surface area contributed by atoms with Crippen molar-refractivity contribution in [3.05, 3.63) is 29.8 Å². The third-order valence-corrected chi connectivity index (χ3v) is 2.34. The third kappa shape index (κ3) is 3.90. The van der Waals surface area contributed by atoms with Crippen LogP contribution in [-0.4, -0.2) is 31.9 Å². The normalized spacial score (nSPS) is 11.9. The number of carbonyl (C=O) groups is 1. The second-order valence-corrected chi connectivity index (χ2v) is 3.53. The summed E-state index contributed by atoms with van der Waals surface area (Å²) >= 11 is 0. The average molecular weight is 224 g/mol. The molecule has 0 heterocycles. The van der Waals surface area contributed by atoms with E-state index in [2.05, 4.69) is 4.74 Å². The van der Waals surface area contributed by atoms with Gasteiger partial charge in [0.15, 0.2) is 0 Å². The lowest BCUT2D eigenvalue weighted by Gasteiger charge is -2.12. The summed E-state index contributed by atoms with van der Waals surface area (Å²) < 4.78 is 9.68. The predicted molar refractivity (Wildman–Crippen MR) is 59.3 cm³/mol. The summed E-state index contributed by atoms with van der Waals surface area (Å²) in [5.74, 6) is 0.743. The number of hydrogen-bond acceptors (Lipinski definition) is 4. The van der Waals surface area contributed by atoms with Crippen LogP contribution in [0.5, 0.6) is 5.75 Å². The van der Waals surface area contributed by atoms with E-state index in [4.69, 9.17) is 9.84 Å². The quantitative estimate of drug-likeness (QED) is 0.702. The van der Waals surface area contributed by atoms with Gasteiger partial charge in [-0.1, -0.05) is 12.1 Å². The molecule has 0 radical (unpaired) electrons. The molecule has 1 N–H and O–H groups in total. The van der Waals surface area contributed by atoms with Crippen LogP contribution in [0.3, 0.4) is 0 Å². The number of rotatable bonds is 7. The van der Waals surface area contributed by atoms with Gasteiger partial charge < -0.3 is 14.6 Å². The number of hydrogen-bond donors (Lipinski definition) is 1. The van der Waals surface area contributed by atoms with Gasteiger partial charge in [0.25, 0.3) is 6.47 Å². The molecule has 0 spiro atoms. The number of ether oxygens (including phenoxy) is 2. The lowest BCUT2D eigenvalue weighted by atomic mass is 10.0. The van der Waals surface area contributed by atoms with Crippen LogP contribution in [0.1, 0.15) is 5.56 Å². The molecule has 4 heteroatoms. The number of aliphatic hydroxyl groups excluding tert-OH is 1. The van der Waals surface area contributed by atoms with Crippen LogP contribution in [-0.2, 0) is 16.0 Å². The minimum absolute atomic E-state index is 0.000130. The Morgan fingerprint density at radius 2 is 2.06 bits per heavy atom. The van der Waals surface area contributed by atoms with Gasteiger partial charge in [-0.2, -0.15) is 0 Å². The third-order valence-electron chi connectivity index (χ3n) is 2.34. The highest BCUT2D eigenvalue weighted by Crippen LogP contribution is 2.14. The van der Waals surface area contributed by atoms with Crippen molar-refractivity contribution < 1.29 is 19.4 Å². The summed E-state index contributed by atoms with van der Waals surface area (Å²) in [6.07, 6.45) is 0.675. The van der Waals surface area contributed by atoms with Crippen molar-refractivity contribution in [1.82, 2.24) is 0 Å². The summed E-state index contributed by atoms with van der Waals surface area (Å²) in [6.45, 7) is 0.641. The first kappa shape index (κ1) is 12.5. The highest BCUT2D eigenvalue weighted by Gasteiger charge is 2.09. The van der Waals surface area contributed by atoms with Crippen molar-refractivity contribution >= 4 is 6.47 Å². The van der Waals surface area contributed by atoms with Crippen LogP contribution < -0.4 is 4.74 Å². The molecule has 1 atom stereocenters. The molecule has 0 amide bonds. The first-order valence-corrected chi connectivity index (χ1v) is 5.09. The molecule has 4 nitrogen and oxygen atoms in total. The fraction of sp³-hybridized carbons (Fsp3) is 0.417. The van der Waals surface area contributed by atoms with Crippen molar-refractivity contribution in [1.29, 1.82) is 0 Å². The van der Waals surface area contributed by atoms with Gasteiger partial charge in [0.05, 0.1) is 13.7 Å². The van der Waals surface area contributed by atoms with Gasteiger partial charge in [0.2, 0.25) is 0 Å². The Bertz CT molecular complexity index is 307. The van der Waals surface area contributed by atoms with Crippen LogP contribution >= 0.6 is 0 Å². The Morgan fingerprint density at radius 3 is 2.56 bits per heavy atom. The summed E-state index contributed by atoms with van der Waals surface area (Å²) in [5.41, 5.74) is 1.08. The maximum absolute atomic E-state index is 10.0. The molecular weight excluding hydrogens is 208 g/mol. The minimum atomic E-state index is -0.0569. The van der Waals surface area contributed by atoms with E-state index >= 15 is 0 Å². The molecule has 16 heavy (non-hydrogen) atoms. The maximum Gasteiger partial charge on any atom is 0.293 e. The molecule has 1 rings (SSSR count). The molecule has 0 aliphatic carbocycles. The smallest absolute Gasteiger partial charge is 0.293 e. The zero-order valence-electron chi connectivity index (χ0n) is 9.26. The van der Waals surface area contributed by atoms with Crippen molar-refractivity contribution in [2.24, 2.45) is 5.92 Å². The Kier molecular flexibility index (Phi) is 5.36. The zero-order chi connectivity index (χ0) is 11.8. The molecule has 0 fully saturated rings. The maximum atomic E-state index is 10.0. The monoisotopic (exact) mass is 224 g/mol. The first-order chi connectivity index (χ1) is 7.80. The van der Waals surface area contributed by atoms with E-state index < -0.39 is 0 Å². The largest absolute Gasteiger partial charge is 0.497 e. The first-order valence-electron chi connectivity index (χ1n) is 5.09. The lowest BCUT2D eigenvalue weighted by molar-refractivity contribution is -0.130. The van der Waals surface area contributed by atoms with Crippen LogP contribution in [0.2, 0.25) is 0 Å². The van der Waals surface area contributed by atoms with E-state index in [1.165, 1.54) is 0 Å². The van der Waals surface area contributed by atoms with Crippen molar-refractivity contribution in [2.75, 3.05) is 20.3 Å². The van der Waals surface area contributed by atoms with E-state index in [1.807, 2.05) is 24.3 Å². The van der Waals surface area contributed by atoms with Crippen LogP contribution in [0.25, 0.3) is 0 Å². The number of methoxy groups -OCH3 is 1. The summed E-state index contributed by atoms with van der Waals surface area (Å²) in [5, 5.41) is 9.09. The molecule has 1 unspecified atom stereocenters. The predicted octanol–water partition coefficient (Wildman–Crippen LogP) is 1.02. The summed E-state index contributed by atoms with van der Waals surface area (Å²) in [7, 11) is 1.61. The van der Waals surface area contributed by atoms with E-state index in [9.17, 15) is 4.79 Å². The van der Waals surface area contributed by atoms with Crippen molar-refractivity contribution in [3.63, 3.8) is 0 Å². The molecular formula is C12H16O4. The molecule has 1 aromatic rings. The second kappa shape index (κ2) is 6.85. The zero-order valence-corrected chi connectivity index (χ0v) is 9.26. The molecule has 0 aromatic heterocycles. The number of benzene rings is 1. The standard InChI is InChI=1S/C12H16O4/c1-15-12-4-2-10(3-5-12)6-11(7-13)8-16-9-14/h2-5,9,11,13H,6-8H2,1H3. The second-order valence-electron chi connectivity index (χ2n) is 3.53. The highest BCUT2D eigenvalue weighted by molar-refractivity contribution is 5.36. The SMILES string of the molecule is COc1ccc(CC(CO)COC=O)cc1. The Balaban J connectivity index is 2.52. The van der Waals surface area contributed by atoms with Crippen LogP contribution in [0, 0.1) is 5.92 Å². The summed E-state index contributed by atoms with van der Waals surface area (Å²) in [6, 6.07) is 7.60. The van der Waals surface area contributed by atoms with Gasteiger partial charge in [-0.05, 0) is 24.1 Å². The topological polar surface area (TPSA) is 55.8 Å². The number of carbonyl (C=O) groups excluding carboxylic acids is 1. The molecule has 0 bridgehead atoms. The van der Waals surface area contributed by atoms with Gasteiger partial charge in [0, 0.05) is 12.5 Å². The fourth-order valence-corrected chi connectivity index (χ4v) is 1.45. The Morgan fingerprint density at radius 1 is 1.38 bits per heavy atom. The molecule has 0 aliphatic rings. The average Bonchev–Trinajstić information content (AvgIpc) is 2.35. The summed E-state index contributed by atoms with van der Waals surface area (Å²) in [4.78, 5) is 10.0. The molecule has 0 aliphatic heterocycles. The highest BCUT2D eigenvalue weighted by atomic mass is 16.5. The molecule has 88 valence electrons. The fourth-order valence-electron chi connectivity index (χ4n) is 1.45. The lowest BCUT2D eigenvalue weighted by Crippen LogP contribution is -2.16. The van der Waals surface area contributed by atoms with Crippen molar-refractivity contribution in [2.45, 2.75) is 6.42 Å². The van der Waals surface area contributed by atoms with E-state index in [0.29, 0.717) is 12.9 Å². The van der Waals surface area contributed by atoms with Gasteiger partial charge in [0.1, 0.15) is 5.75 Å². The van der Waals surface area contributed by atoms with Crippen molar-refractivity contribution in [3.8, 4) is 5.75 Å². The Hall–Kier alpha value is -1.55. The van der Waals surface area contributed by atoms with E-state index in [0.717, 1.165) is 11.3 Å².